The van der Waals surface area contributed by atoms with Crippen molar-refractivity contribution >= 4 is 0 Å². The lowest BCUT2D eigenvalue weighted by Gasteiger charge is -2.24. The Hall–Kier alpha value is -1.32. The first-order valence-electron chi connectivity index (χ1n) is 6.69. The molecule has 0 aliphatic carbocycles. The number of methoxy groups -OCH3 is 1. The fourth-order valence-corrected chi connectivity index (χ4v) is 1.89. The van der Waals surface area contributed by atoms with Crippen LogP contribution in [0.4, 0.5) is 0 Å². The van der Waals surface area contributed by atoms with E-state index in [0.29, 0.717) is 19.7 Å². The summed E-state index contributed by atoms with van der Waals surface area (Å²) in [7, 11) is 1.68. The maximum atomic E-state index is 9.93. The van der Waals surface area contributed by atoms with E-state index in [2.05, 4.69) is 10.8 Å². The molecule has 0 spiro atoms. The predicted octanol–water partition coefficient (Wildman–Crippen LogP) is 1.13. The topological polar surface area (TPSA) is 55.1 Å². The van der Waals surface area contributed by atoms with Crippen molar-refractivity contribution in [1.29, 1.82) is 0 Å². The van der Waals surface area contributed by atoms with E-state index >= 15 is 0 Å². The molecule has 5 nitrogen and oxygen atoms in total. The molecule has 0 aliphatic heterocycles. The number of aliphatic hydroxyl groups excluding tert-OH is 1. The van der Waals surface area contributed by atoms with E-state index in [0.717, 1.165) is 18.7 Å². The van der Waals surface area contributed by atoms with Gasteiger partial charge in [0.25, 0.3) is 0 Å². The minimum Gasteiger partial charge on any atom is -0.468 e. The van der Waals surface area contributed by atoms with Crippen molar-refractivity contribution in [2.45, 2.75) is 19.1 Å². The maximum absolute atomic E-state index is 9.93. The Labute approximate surface area is 120 Å². The van der Waals surface area contributed by atoms with Crippen LogP contribution < -0.4 is 0 Å². The molecule has 0 aromatic carbocycles. The zero-order valence-electron chi connectivity index (χ0n) is 12.0. The monoisotopic (exact) mass is 281 g/mol. The lowest BCUT2D eigenvalue weighted by Crippen LogP contribution is -2.35. The third-order valence-electron chi connectivity index (χ3n) is 2.75. The lowest BCUT2D eigenvalue weighted by molar-refractivity contribution is 0.0231. The summed E-state index contributed by atoms with van der Waals surface area (Å²) in [5, 5.41) is 9.93. The molecule has 20 heavy (non-hydrogen) atoms. The Balaban J connectivity index is 2.38. The molecule has 1 unspecified atom stereocenters. The number of terminal acetylenes is 1. The highest BCUT2D eigenvalue weighted by molar-refractivity contribution is 4.98. The van der Waals surface area contributed by atoms with Crippen LogP contribution in [0, 0.1) is 12.3 Å². The molecular weight excluding hydrogens is 258 g/mol. The Morgan fingerprint density at radius 1 is 1.55 bits per heavy atom. The Morgan fingerprint density at radius 2 is 2.40 bits per heavy atom. The normalized spacial score (nSPS) is 12.5. The second kappa shape index (κ2) is 10.5. The fourth-order valence-electron chi connectivity index (χ4n) is 1.89. The maximum Gasteiger partial charge on any atom is 0.117 e. The quantitative estimate of drug-likeness (QED) is 0.487. The molecular formula is C15H23NO4. The van der Waals surface area contributed by atoms with Crippen molar-refractivity contribution in [3.8, 4) is 12.3 Å². The van der Waals surface area contributed by atoms with Crippen LogP contribution in [0.3, 0.4) is 0 Å². The number of hydrogen-bond acceptors (Lipinski definition) is 5. The van der Waals surface area contributed by atoms with Crippen LogP contribution in [-0.4, -0.2) is 56.1 Å². The molecule has 0 saturated heterocycles. The van der Waals surface area contributed by atoms with Gasteiger partial charge in [0.15, 0.2) is 0 Å². The summed E-state index contributed by atoms with van der Waals surface area (Å²) in [6, 6.07) is 3.78. The second-order valence-electron chi connectivity index (χ2n) is 4.53. The molecule has 1 atom stereocenters. The van der Waals surface area contributed by atoms with Gasteiger partial charge in [-0.2, -0.15) is 0 Å². The van der Waals surface area contributed by atoms with Crippen molar-refractivity contribution in [3.63, 3.8) is 0 Å². The van der Waals surface area contributed by atoms with Crippen LogP contribution in [0.1, 0.15) is 12.2 Å². The standard InChI is InChI=1S/C15H23NO4/c1-3-8-19-13-14(17)11-16(7-5-9-18-2)12-15-6-4-10-20-15/h1,4,6,10,14,17H,5,7-9,11-13H2,2H3. The summed E-state index contributed by atoms with van der Waals surface area (Å²) < 4.78 is 15.5. The van der Waals surface area contributed by atoms with Crippen LogP contribution >= 0.6 is 0 Å². The summed E-state index contributed by atoms with van der Waals surface area (Å²) >= 11 is 0. The highest BCUT2D eigenvalue weighted by atomic mass is 16.5. The molecule has 0 bridgehead atoms. The first kappa shape index (κ1) is 16.7. The largest absolute Gasteiger partial charge is 0.468 e. The van der Waals surface area contributed by atoms with Crippen LogP contribution in [0.25, 0.3) is 0 Å². The summed E-state index contributed by atoms with van der Waals surface area (Å²) in [5.74, 6) is 3.25. The van der Waals surface area contributed by atoms with Gasteiger partial charge in [-0.3, -0.25) is 4.90 Å². The van der Waals surface area contributed by atoms with Gasteiger partial charge in [-0.25, -0.2) is 0 Å². The molecule has 0 saturated carbocycles. The third-order valence-corrected chi connectivity index (χ3v) is 2.75. The van der Waals surface area contributed by atoms with Crippen molar-refractivity contribution in [1.82, 2.24) is 4.90 Å². The van der Waals surface area contributed by atoms with Crippen molar-refractivity contribution in [3.05, 3.63) is 24.2 Å². The van der Waals surface area contributed by atoms with E-state index in [9.17, 15) is 5.11 Å². The van der Waals surface area contributed by atoms with Gasteiger partial charge in [-0.1, -0.05) is 5.92 Å². The van der Waals surface area contributed by atoms with Gasteiger partial charge in [-0.05, 0) is 18.6 Å². The Kier molecular flexibility index (Phi) is 8.76. The average molecular weight is 281 g/mol. The fraction of sp³-hybridized carbons (Fsp3) is 0.600. The SMILES string of the molecule is C#CCOCC(O)CN(CCCOC)Cc1ccco1. The van der Waals surface area contributed by atoms with Gasteiger partial charge < -0.3 is 19.0 Å². The van der Waals surface area contributed by atoms with Crippen molar-refractivity contribution in [2.24, 2.45) is 0 Å². The molecule has 112 valence electrons. The Bertz CT molecular complexity index is 372. The number of rotatable bonds is 11. The third kappa shape index (κ3) is 7.31. The number of hydrogen-bond donors (Lipinski definition) is 1. The van der Waals surface area contributed by atoms with Crippen molar-refractivity contribution in [2.75, 3.05) is 40.0 Å². The molecule has 1 aromatic rings. The molecule has 1 rings (SSSR count). The van der Waals surface area contributed by atoms with E-state index in [1.165, 1.54) is 0 Å². The first-order valence-corrected chi connectivity index (χ1v) is 6.69. The van der Waals surface area contributed by atoms with Gasteiger partial charge in [0.1, 0.15) is 12.4 Å². The van der Waals surface area contributed by atoms with Crippen LogP contribution in [0.15, 0.2) is 22.8 Å². The molecule has 1 N–H and O–H groups in total. The van der Waals surface area contributed by atoms with Gasteiger partial charge in [-0.15, -0.1) is 6.42 Å². The van der Waals surface area contributed by atoms with Crippen molar-refractivity contribution < 1.29 is 19.0 Å². The molecule has 0 fully saturated rings. The van der Waals surface area contributed by atoms with Gasteiger partial charge in [0.2, 0.25) is 0 Å². The highest BCUT2D eigenvalue weighted by Crippen LogP contribution is 2.07. The molecule has 1 heterocycles. The van der Waals surface area contributed by atoms with Crippen LogP contribution in [0.2, 0.25) is 0 Å². The zero-order valence-corrected chi connectivity index (χ0v) is 12.0. The summed E-state index contributed by atoms with van der Waals surface area (Å²) in [4.78, 5) is 2.11. The molecule has 1 aromatic heterocycles. The summed E-state index contributed by atoms with van der Waals surface area (Å²) in [6.45, 7) is 3.14. The lowest BCUT2D eigenvalue weighted by atomic mass is 10.3. The van der Waals surface area contributed by atoms with Gasteiger partial charge in [0.05, 0.1) is 25.5 Å². The minimum absolute atomic E-state index is 0.221. The average Bonchev–Trinajstić information content (AvgIpc) is 2.92. The summed E-state index contributed by atoms with van der Waals surface area (Å²) in [6.07, 6.45) is 7.07. The molecule has 0 amide bonds. The first-order chi connectivity index (χ1) is 9.76. The predicted molar refractivity (Wildman–Crippen MR) is 76.1 cm³/mol. The van der Waals surface area contributed by atoms with Gasteiger partial charge >= 0.3 is 0 Å². The molecule has 0 aliphatic rings. The Morgan fingerprint density at radius 3 is 3.05 bits per heavy atom. The molecule has 0 radical (unpaired) electrons. The van der Waals surface area contributed by atoms with E-state index < -0.39 is 6.10 Å². The smallest absolute Gasteiger partial charge is 0.117 e. The number of ether oxygens (including phenoxy) is 2. The van der Waals surface area contributed by atoms with E-state index in [1.807, 2.05) is 12.1 Å². The van der Waals surface area contributed by atoms with E-state index in [1.54, 1.807) is 13.4 Å². The van der Waals surface area contributed by atoms with E-state index in [4.69, 9.17) is 20.3 Å². The number of nitrogens with zero attached hydrogens (tertiary/aromatic N) is 1. The number of furan rings is 1. The molecule has 5 heteroatoms. The minimum atomic E-state index is -0.569. The van der Waals surface area contributed by atoms with Gasteiger partial charge in [0, 0.05) is 26.8 Å². The van der Waals surface area contributed by atoms with Crippen LogP contribution in [-0.2, 0) is 16.0 Å². The second-order valence-corrected chi connectivity index (χ2v) is 4.53. The van der Waals surface area contributed by atoms with E-state index in [-0.39, 0.29) is 13.2 Å². The zero-order chi connectivity index (χ0) is 14.6. The number of aliphatic hydroxyl groups is 1. The highest BCUT2D eigenvalue weighted by Gasteiger charge is 2.13. The summed E-state index contributed by atoms with van der Waals surface area (Å²) in [5.41, 5.74) is 0. The van der Waals surface area contributed by atoms with Crippen LogP contribution in [0.5, 0.6) is 0 Å².